The molecule has 1 rings (SSSR count). The molecule has 84 valence electrons. The van der Waals surface area contributed by atoms with Gasteiger partial charge in [-0.2, -0.15) is 0 Å². The Morgan fingerprint density at radius 2 is 2.20 bits per heavy atom. The van der Waals surface area contributed by atoms with Crippen molar-refractivity contribution in [1.82, 2.24) is 4.98 Å². The minimum absolute atomic E-state index is 0.592. The van der Waals surface area contributed by atoms with E-state index in [1.165, 1.54) is 0 Å². The van der Waals surface area contributed by atoms with E-state index in [1.54, 1.807) is 18.5 Å². The van der Waals surface area contributed by atoms with Crippen LogP contribution < -0.4 is 4.74 Å². The number of halogens is 2. The molecule has 15 heavy (non-hydrogen) atoms. The average Bonchev–Trinajstić information content (AvgIpc) is 2.18. The van der Waals surface area contributed by atoms with Gasteiger partial charge in [0, 0.05) is 18.1 Å². The first-order valence-corrected chi connectivity index (χ1v) is 5.93. The van der Waals surface area contributed by atoms with E-state index in [0.29, 0.717) is 23.4 Å². The van der Waals surface area contributed by atoms with Gasteiger partial charge >= 0.3 is 0 Å². The lowest BCUT2D eigenvalue weighted by atomic mass is 10.1. The molecule has 1 atom stereocenters. The van der Waals surface area contributed by atoms with Crippen molar-refractivity contribution in [3.63, 3.8) is 0 Å². The van der Waals surface area contributed by atoms with Crippen LogP contribution in [0.2, 0.25) is 5.02 Å². The summed E-state index contributed by atoms with van der Waals surface area (Å²) in [5.74, 6) is 2.02. The number of alkyl halides is 1. The molecule has 2 nitrogen and oxygen atoms in total. The molecular formula is C11H15Cl2NO. The van der Waals surface area contributed by atoms with Crippen molar-refractivity contribution in [3.8, 4) is 5.75 Å². The Morgan fingerprint density at radius 3 is 2.87 bits per heavy atom. The molecule has 1 aromatic rings. The molecule has 1 heterocycles. The molecule has 0 saturated heterocycles. The maximum Gasteiger partial charge on any atom is 0.139 e. The number of aromatic nitrogens is 1. The second kappa shape index (κ2) is 6.91. The van der Waals surface area contributed by atoms with Crippen LogP contribution in [0.1, 0.15) is 19.8 Å². The molecule has 0 radical (unpaired) electrons. The van der Waals surface area contributed by atoms with Crippen molar-refractivity contribution in [1.29, 1.82) is 0 Å². The monoisotopic (exact) mass is 247 g/mol. The van der Waals surface area contributed by atoms with Gasteiger partial charge in [0.25, 0.3) is 0 Å². The highest BCUT2D eigenvalue weighted by molar-refractivity contribution is 6.30. The van der Waals surface area contributed by atoms with Gasteiger partial charge in [0.05, 0.1) is 17.8 Å². The standard InChI is InChI=1S/C11H15Cl2NO/c1-9(2-4-12)3-5-15-11-6-10(13)7-14-8-11/h6-9H,2-5H2,1H3. The molecule has 0 aliphatic heterocycles. The molecule has 0 N–H and O–H groups in total. The van der Waals surface area contributed by atoms with Gasteiger partial charge in [-0.05, 0) is 18.8 Å². The first-order valence-electron chi connectivity index (χ1n) is 5.01. The SMILES string of the molecule is CC(CCCl)CCOc1cncc(Cl)c1. The molecule has 1 aromatic heterocycles. The lowest BCUT2D eigenvalue weighted by Crippen LogP contribution is -2.04. The summed E-state index contributed by atoms with van der Waals surface area (Å²) in [5.41, 5.74) is 0. The smallest absolute Gasteiger partial charge is 0.139 e. The van der Waals surface area contributed by atoms with E-state index in [4.69, 9.17) is 27.9 Å². The number of nitrogens with zero attached hydrogens (tertiary/aromatic N) is 1. The Labute approximate surface area is 101 Å². The molecule has 0 amide bonds. The Balaban J connectivity index is 2.25. The summed E-state index contributed by atoms with van der Waals surface area (Å²) in [7, 11) is 0. The highest BCUT2D eigenvalue weighted by atomic mass is 35.5. The van der Waals surface area contributed by atoms with Crippen molar-refractivity contribution in [3.05, 3.63) is 23.5 Å². The minimum atomic E-state index is 0.592. The number of pyridine rings is 1. The topological polar surface area (TPSA) is 22.1 Å². The summed E-state index contributed by atoms with van der Waals surface area (Å²) >= 11 is 11.4. The van der Waals surface area contributed by atoms with Gasteiger partial charge in [0.1, 0.15) is 5.75 Å². The van der Waals surface area contributed by atoms with Crippen LogP contribution in [-0.2, 0) is 0 Å². The number of hydrogen-bond acceptors (Lipinski definition) is 2. The Kier molecular flexibility index (Phi) is 5.81. The second-order valence-electron chi connectivity index (χ2n) is 3.56. The van der Waals surface area contributed by atoms with E-state index in [0.717, 1.165) is 18.6 Å². The lowest BCUT2D eigenvalue weighted by Gasteiger charge is -2.10. The zero-order valence-electron chi connectivity index (χ0n) is 8.75. The Hall–Kier alpha value is -0.470. The van der Waals surface area contributed by atoms with Crippen molar-refractivity contribution >= 4 is 23.2 Å². The van der Waals surface area contributed by atoms with E-state index >= 15 is 0 Å². The molecule has 0 fully saturated rings. The van der Waals surface area contributed by atoms with Crippen molar-refractivity contribution in [2.24, 2.45) is 5.92 Å². The third-order valence-electron chi connectivity index (χ3n) is 2.16. The highest BCUT2D eigenvalue weighted by Gasteiger charge is 2.02. The third kappa shape index (κ3) is 5.24. The normalized spacial score (nSPS) is 12.5. The van der Waals surface area contributed by atoms with Crippen molar-refractivity contribution in [2.45, 2.75) is 19.8 Å². The van der Waals surface area contributed by atoms with Gasteiger partial charge < -0.3 is 4.74 Å². The van der Waals surface area contributed by atoms with Gasteiger partial charge in [-0.15, -0.1) is 11.6 Å². The average molecular weight is 248 g/mol. The second-order valence-corrected chi connectivity index (χ2v) is 4.37. The first-order chi connectivity index (χ1) is 7.22. The van der Waals surface area contributed by atoms with Crippen LogP contribution >= 0.6 is 23.2 Å². The molecule has 0 aliphatic carbocycles. The fourth-order valence-electron chi connectivity index (χ4n) is 1.18. The van der Waals surface area contributed by atoms with Crippen LogP contribution in [-0.4, -0.2) is 17.5 Å². The van der Waals surface area contributed by atoms with Gasteiger partial charge in [-0.3, -0.25) is 4.98 Å². The van der Waals surface area contributed by atoms with Crippen molar-refractivity contribution in [2.75, 3.05) is 12.5 Å². The van der Waals surface area contributed by atoms with Crippen LogP contribution in [0.25, 0.3) is 0 Å². The van der Waals surface area contributed by atoms with Crippen LogP contribution in [0, 0.1) is 5.92 Å². The molecular weight excluding hydrogens is 233 g/mol. The summed E-state index contributed by atoms with van der Waals surface area (Å²) in [6.07, 6.45) is 5.28. The van der Waals surface area contributed by atoms with E-state index in [1.807, 2.05) is 0 Å². The quantitative estimate of drug-likeness (QED) is 0.715. The molecule has 0 saturated carbocycles. The third-order valence-corrected chi connectivity index (χ3v) is 2.59. The number of rotatable bonds is 6. The number of ether oxygens (including phenoxy) is 1. The fraction of sp³-hybridized carbons (Fsp3) is 0.545. The van der Waals surface area contributed by atoms with E-state index < -0.39 is 0 Å². The van der Waals surface area contributed by atoms with Crippen LogP contribution in [0.3, 0.4) is 0 Å². The summed E-state index contributed by atoms with van der Waals surface area (Å²) in [5, 5.41) is 0.598. The van der Waals surface area contributed by atoms with Crippen LogP contribution in [0.15, 0.2) is 18.5 Å². The van der Waals surface area contributed by atoms with E-state index in [9.17, 15) is 0 Å². The van der Waals surface area contributed by atoms with Gasteiger partial charge in [0.15, 0.2) is 0 Å². The predicted octanol–water partition coefficient (Wildman–Crippen LogP) is 3.77. The predicted molar refractivity (Wildman–Crippen MR) is 63.9 cm³/mol. The molecule has 4 heteroatoms. The summed E-state index contributed by atoms with van der Waals surface area (Å²) < 4.78 is 5.51. The largest absolute Gasteiger partial charge is 0.492 e. The van der Waals surface area contributed by atoms with Gasteiger partial charge in [-0.25, -0.2) is 0 Å². The van der Waals surface area contributed by atoms with Gasteiger partial charge in [0.2, 0.25) is 0 Å². The summed E-state index contributed by atoms with van der Waals surface area (Å²) in [4.78, 5) is 3.94. The Bertz CT molecular complexity index is 294. The molecule has 0 aliphatic rings. The van der Waals surface area contributed by atoms with Gasteiger partial charge in [-0.1, -0.05) is 18.5 Å². The van der Waals surface area contributed by atoms with Crippen LogP contribution in [0.4, 0.5) is 0 Å². The Morgan fingerprint density at radius 1 is 1.40 bits per heavy atom. The minimum Gasteiger partial charge on any atom is -0.492 e. The lowest BCUT2D eigenvalue weighted by molar-refractivity contribution is 0.281. The molecule has 0 aromatic carbocycles. The fourth-order valence-corrected chi connectivity index (χ4v) is 1.72. The zero-order chi connectivity index (χ0) is 11.1. The molecule has 0 bridgehead atoms. The van der Waals surface area contributed by atoms with Crippen LogP contribution in [0.5, 0.6) is 5.75 Å². The first kappa shape index (κ1) is 12.6. The van der Waals surface area contributed by atoms with E-state index in [2.05, 4.69) is 11.9 Å². The van der Waals surface area contributed by atoms with E-state index in [-0.39, 0.29) is 0 Å². The summed E-state index contributed by atoms with van der Waals surface area (Å²) in [6, 6.07) is 1.76. The maximum atomic E-state index is 5.78. The maximum absolute atomic E-state index is 5.78. The summed E-state index contributed by atoms with van der Waals surface area (Å²) in [6.45, 7) is 2.85. The molecule has 1 unspecified atom stereocenters. The highest BCUT2D eigenvalue weighted by Crippen LogP contribution is 2.16. The van der Waals surface area contributed by atoms with Crippen molar-refractivity contribution < 1.29 is 4.74 Å². The number of hydrogen-bond donors (Lipinski definition) is 0. The zero-order valence-corrected chi connectivity index (χ0v) is 10.3. The molecule has 0 spiro atoms.